The Balaban J connectivity index is 0.000000610. The lowest BCUT2D eigenvalue weighted by atomic mass is 9.65. The zero-order chi connectivity index (χ0) is 32.8. The topological polar surface area (TPSA) is 150 Å². The number of benzene rings is 2. The van der Waals surface area contributed by atoms with Gasteiger partial charge in [-0.2, -0.15) is 5.26 Å². The monoisotopic (exact) mass is 617 g/mol. The lowest BCUT2D eigenvalue weighted by Gasteiger charge is -2.40. The molecule has 4 rings (SSSR count). The molecule has 2 aromatic carbocycles. The number of hydrogen-bond acceptors (Lipinski definition) is 8. The standard InChI is InChI=1S/C30H32FN3O3.C4H4O4/c1-22(35)23-7-12-27(28(20-23)36-2)37-19-5-16-34-17-13-25(14-18-34)30(21-32,29-6-3-4-15-33-29)24-8-10-26(31)11-9-24;5-3(6)1-2-4(7)8/h3-4,6-12,15,20,25H,5,13-14,16-19H2,1-2H3;1-2H,(H,5,6)(H,7,8)/b;2-1+. The molecule has 2 heterocycles. The van der Waals surface area contributed by atoms with Crippen molar-refractivity contribution in [1.29, 1.82) is 5.26 Å². The molecular formula is C34H36FN3O7. The van der Waals surface area contributed by atoms with Crippen LogP contribution in [0.15, 0.2) is 79.0 Å². The second kappa shape index (κ2) is 16.7. The van der Waals surface area contributed by atoms with Crippen LogP contribution in [0.5, 0.6) is 11.5 Å². The fourth-order valence-electron chi connectivity index (χ4n) is 5.32. The van der Waals surface area contributed by atoms with Gasteiger partial charge < -0.3 is 24.6 Å². The van der Waals surface area contributed by atoms with Crippen LogP contribution < -0.4 is 9.47 Å². The maximum Gasteiger partial charge on any atom is 0.328 e. The summed E-state index contributed by atoms with van der Waals surface area (Å²) in [4.78, 5) is 37.7. The highest BCUT2D eigenvalue weighted by Gasteiger charge is 2.45. The van der Waals surface area contributed by atoms with Gasteiger partial charge in [0.2, 0.25) is 0 Å². The van der Waals surface area contributed by atoms with Gasteiger partial charge in [-0.15, -0.1) is 0 Å². The molecule has 3 aromatic rings. The van der Waals surface area contributed by atoms with Gasteiger partial charge in [0, 0.05) is 30.5 Å². The predicted octanol–water partition coefficient (Wildman–Crippen LogP) is 5.13. The Morgan fingerprint density at radius 2 is 1.71 bits per heavy atom. The van der Waals surface area contributed by atoms with E-state index in [2.05, 4.69) is 16.0 Å². The number of rotatable bonds is 12. The molecule has 45 heavy (non-hydrogen) atoms. The smallest absolute Gasteiger partial charge is 0.328 e. The molecule has 10 nitrogen and oxygen atoms in total. The molecule has 0 spiro atoms. The van der Waals surface area contributed by atoms with Gasteiger partial charge in [0.25, 0.3) is 0 Å². The van der Waals surface area contributed by atoms with Crippen LogP contribution in [0.25, 0.3) is 0 Å². The number of halogens is 1. The summed E-state index contributed by atoms with van der Waals surface area (Å²) in [6.07, 6.45) is 5.34. The maximum atomic E-state index is 13.7. The molecule has 0 bridgehead atoms. The van der Waals surface area contributed by atoms with E-state index in [-0.39, 0.29) is 17.5 Å². The highest BCUT2D eigenvalue weighted by molar-refractivity contribution is 5.94. The first-order valence-corrected chi connectivity index (χ1v) is 14.4. The minimum Gasteiger partial charge on any atom is -0.493 e. The molecule has 1 unspecified atom stereocenters. The van der Waals surface area contributed by atoms with Crippen molar-refractivity contribution in [2.75, 3.05) is 33.4 Å². The minimum atomic E-state index is -1.26. The summed E-state index contributed by atoms with van der Waals surface area (Å²) in [6.45, 7) is 4.65. The van der Waals surface area contributed by atoms with Crippen molar-refractivity contribution in [3.05, 3.63) is 102 Å². The van der Waals surface area contributed by atoms with E-state index in [0.29, 0.717) is 41.5 Å². The first-order chi connectivity index (χ1) is 21.6. The summed E-state index contributed by atoms with van der Waals surface area (Å²) in [5, 5.41) is 26.1. The van der Waals surface area contributed by atoms with Gasteiger partial charge in [-0.3, -0.25) is 9.78 Å². The number of ketones is 1. The average Bonchev–Trinajstić information content (AvgIpc) is 3.05. The Labute approximate surface area is 261 Å². The molecule has 2 N–H and O–H groups in total. The normalized spacial score (nSPS) is 14.8. The number of piperidine rings is 1. The summed E-state index contributed by atoms with van der Waals surface area (Å²) in [6, 6.07) is 19.7. The number of nitrogens with zero attached hydrogens (tertiary/aromatic N) is 3. The van der Waals surface area contributed by atoms with Crippen molar-refractivity contribution in [3.8, 4) is 17.6 Å². The molecule has 1 saturated heterocycles. The van der Waals surface area contributed by atoms with Crippen LogP contribution in [0.4, 0.5) is 4.39 Å². The Morgan fingerprint density at radius 3 is 2.24 bits per heavy atom. The minimum absolute atomic E-state index is 0.0175. The van der Waals surface area contributed by atoms with E-state index < -0.39 is 17.4 Å². The lowest BCUT2D eigenvalue weighted by molar-refractivity contribution is -0.134. The molecule has 1 aliphatic heterocycles. The number of pyridine rings is 1. The molecule has 0 saturated carbocycles. The van der Waals surface area contributed by atoms with E-state index in [1.54, 1.807) is 43.6 Å². The van der Waals surface area contributed by atoms with Gasteiger partial charge in [0.05, 0.1) is 25.5 Å². The van der Waals surface area contributed by atoms with Crippen molar-refractivity contribution in [2.24, 2.45) is 5.92 Å². The molecule has 236 valence electrons. The number of carboxylic acids is 2. The zero-order valence-corrected chi connectivity index (χ0v) is 25.2. The van der Waals surface area contributed by atoms with Crippen LogP contribution in [-0.4, -0.2) is 71.2 Å². The highest BCUT2D eigenvalue weighted by Crippen LogP contribution is 2.43. The van der Waals surface area contributed by atoms with Crippen LogP contribution in [0.2, 0.25) is 0 Å². The van der Waals surface area contributed by atoms with Gasteiger partial charge in [-0.1, -0.05) is 18.2 Å². The molecule has 11 heteroatoms. The summed E-state index contributed by atoms with van der Waals surface area (Å²) in [7, 11) is 1.56. The Morgan fingerprint density at radius 1 is 1.04 bits per heavy atom. The molecule has 0 aliphatic carbocycles. The van der Waals surface area contributed by atoms with Crippen LogP contribution in [0, 0.1) is 23.1 Å². The number of carbonyl (C=O) groups is 3. The van der Waals surface area contributed by atoms with E-state index in [0.717, 1.165) is 44.5 Å². The number of nitriles is 1. The second-order valence-electron chi connectivity index (χ2n) is 10.4. The number of carbonyl (C=O) groups excluding carboxylic acids is 1. The van der Waals surface area contributed by atoms with Crippen molar-refractivity contribution in [2.45, 2.75) is 31.6 Å². The first kappa shape index (κ1) is 34.4. The van der Waals surface area contributed by atoms with Gasteiger partial charge in [-0.05, 0) is 93.2 Å². The number of aliphatic carboxylic acids is 2. The third kappa shape index (κ3) is 9.45. The molecular weight excluding hydrogens is 581 g/mol. The van der Waals surface area contributed by atoms with Crippen LogP contribution in [0.3, 0.4) is 0 Å². The molecule has 1 atom stereocenters. The maximum absolute atomic E-state index is 13.7. The number of aromatic nitrogens is 1. The van der Waals surface area contributed by atoms with E-state index in [4.69, 9.17) is 19.7 Å². The third-order valence-electron chi connectivity index (χ3n) is 7.56. The Hall–Kier alpha value is -5.08. The van der Waals surface area contributed by atoms with Crippen molar-refractivity contribution >= 4 is 17.7 Å². The quantitative estimate of drug-likeness (QED) is 0.159. The fraction of sp³-hybridized carbons (Fsp3) is 0.324. The first-order valence-electron chi connectivity index (χ1n) is 14.4. The summed E-state index contributed by atoms with van der Waals surface area (Å²) < 4.78 is 25.0. The number of carboxylic acid groups (broad SMARTS) is 2. The summed E-state index contributed by atoms with van der Waals surface area (Å²) in [5.41, 5.74) is 1.16. The average molecular weight is 618 g/mol. The van der Waals surface area contributed by atoms with Gasteiger partial charge in [-0.25, -0.2) is 14.0 Å². The van der Waals surface area contributed by atoms with E-state index in [9.17, 15) is 24.0 Å². The number of likely N-dealkylation sites (tertiary alicyclic amines) is 1. The van der Waals surface area contributed by atoms with Gasteiger partial charge in [0.1, 0.15) is 11.2 Å². The Bertz CT molecular complexity index is 1500. The predicted molar refractivity (Wildman–Crippen MR) is 164 cm³/mol. The van der Waals surface area contributed by atoms with E-state index in [1.165, 1.54) is 19.1 Å². The molecule has 1 fully saturated rings. The Kier molecular flexibility index (Phi) is 12.8. The van der Waals surface area contributed by atoms with Crippen molar-refractivity contribution < 1.29 is 38.5 Å². The number of Topliss-reactive ketones (excluding diaryl/α,β-unsaturated/α-hetero) is 1. The molecule has 1 aliphatic rings. The number of ether oxygens (including phenoxy) is 2. The number of methoxy groups -OCH3 is 1. The molecule has 0 radical (unpaired) electrons. The highest BCUT2D eigenvalue weighted by atomic mass is 19.1. The van der Waals surface area contributed by atoms with Gasteiger partial charge in [0.15, 0.2) is 17.3 Å². The summed E-state index contributed by atoms with van der Waals surface area (Å²) in [5.74, 6) is -1.61. The van der Waals surface area contributed by atoms with E-state index >= 15 is 0 Å². The van der Waals surface area contributed by atoms with Crippen LogP contribution in [0.1, 0.15) is 47.8 Å². The zero-order valence-electron chi connectivity index (χ0n) is 25.2. The van der Waals surface area contributed by atoms with Crippen molar-refractivity contribution in [3.63, 3.8) is 0 Å². The SMILES string of the molecule is COc1cc(C(C)=O)ccc1OCCCN1CCC(C(C#N)(c2ccc(F)cc2)c2ccccn2)CC1.O=C(O)/C=C/C(=O)O. The van der Waals surface area contributed by atoms with Crippen molar-refractivity contribution in [1.82, 2.24) is 9.88 Å². The summed E-state index contributed by atoms with van der Waals surface area (Å²) >= 11 is 0. The third-order valence-corrected chi connectivity index (χ3v) is 7.56. The van der Waals surface area contributed by atoms with E-state index in [1.807, 2.05) is 18.2 Å². The van der Waals surface area contributed by atoms with Gasteiger partial charge >= 0.3 is 11.9 Å². The fourth-order valence-corrected chi connectivity index (χ4v) is 5.32. The van der Waals surface area contributed by atoms with Crippen LogP contribution >= 0.6 is 0 Å². The molecule has 0 amide bonds. The van der Waals surface area contributed by atoms with Crippen LogP contribution in [-0.2, 0) is 15.0 Å². The molecule has 1 aromatic heterocycles. The number of hydrogen-bond donors (Lipinski definition) is 2. The lowest BCUT2D eigenvalue weighted by Crippen LogP contribution is -2.44. The largest absolute Gasteiger partial charge is 0.493 e. The second-order valence-corrected chi connectivity index (χ2v) is 10.4.